The van der Waals surface area contributed by atoms with Gasteiger partial charge in [0.2, 0.25) is 0 Å². The van der Waals surface area contributed by atoms with Gasteiger partial charge in [0.05, 0.1) is 11.4 Å². The van der Waals surface area contributed by atoms with E-state index in [0.29, 0.717) is 0 Å². The lowest BCUT2D eigenvalue weighted by Crippen LogP contribution is -2.49. The molecule has 2 aliphatic heterocycles. The number of nitrogens with zero attached hydrogens (tertiary/aromatic N) is 4. The minimum absolute atomic E-state index is 0.748. The summed E-state index contributed by atoms with van der Waals surface area (Å²) < 4.78 is 2.05. The van der Waals surface area contributed by atoms with Crippen LogP contribution in [0.3, 0.4) is 0 Å². The standard InChI is InChI=1S/C25H30N4/c1-19-8-10-23(11-9-19)29-17-22(25(26-29)21-6-3-5-20(2)15-21)16-27-13-14-28-12-4-7-24(28)18-27/h3,5-6,8-11,15,17,24H,4,7,12-14,16,18H2,1-2H3. The maximum absolute atomic E-state index is 5.03. The molecule has 5 rings (SSSR count). The fourth-order valence-corrected chi connectivity index (χ4v) is 4.83. The molecule has 0 bridgehead atoms. The average Bonchev–Trinajstić information content (AvgIpc) is 3.35. The van der Waals surface area contributed by atoms with Crippen molar-refractivity contribution < 1.29 is 0 Å². The first-order chi connectivity index (χ1) is 14.2. The molecule has 150 valence electrons. The molecule has 2 fully saturated rings. The number of aryl methyl sites for hydroxylation is 2. The number of piperazine rings is 1. The van der Waals surface area contributed by atoms with Gasteiger partial charge in [-0.25, -0.2) is 4.68 Å². The van der Waals surface area contributed by atoms with E-state index in [1.807, 2.05) is 0 Å². The second-order valence-corrected chi connectivity index (χ2v) is 8.72. The summed E-state index contributed by atoms with van der Waals surface area (Å²) in [5.74, 6) is 0. The minimum atomic E-state index is 0.748. The van der Waals surface area contributed by atoms with E-state index < -0.39 is 0 Å². The molecule has 0 amide bonds. The molecule has 0 N–H and O–H groups in total. The Balaban J connectivity index is 1.47. The molecule has 0 aliphatic carbocycles. The van der Waals surface area contributed by atoms with Crippen molar-refractivity contribution >= 4 is 0 Å². The van der Waals surface area contributed by atoms with E-state index in [1.54, 1.807) is 0 Å². The maximum Gasteiger partial charge on any atom is 0.0972 e. The number of rotatable bonds is 4. The van der Waals surface area contributed by atoms with E-state index in [2.05, 4.69) is 83.1 Å². The number of hydrogen-bond donors (Lipinski definition) is 0. The average molecular weight is 387 g/mol. The predicted octanol–water partition coefficient (Wildman–Crippen LogP) is 4.44. The van der Waals surface area contributed by atoms with Gasteiger partial charge in [0.1, 0.15) is 0 Å². The van der Waals surface area contributed by atoms with Crippen LogP contribution in [-0.2, 0) is 6.54 Å². The Morgan fingerprint density at radius 3 is 2.66 bits per heavy atom. The molecular formula is C25H30N4. The lowest BCUT2D eigenvalue weighted by Gasteiger charge is -2.37. The highest BCUT2D eigenvalue weighted by atomic mass is 15.3. The lowest BCUT2D eigenvalue weighted by atomic mass is 10.0. The monoisotopic (exact) mass is 386 g/mol. The van der Waals surface area contributed by atoms with E-state index in [9.17, 15) is 0 Å². The summed E-state index contributed by atoms with van der Waals surface area (Å²) in [6.45, 7) is 10.1. The normalized spacial score (nSPS) is 20.1. The van der Waals surface area contributed by atoms with Gasteiger partial charge in [-0.2, -0.15) is 5.10 Å². The van der Waals surface area contributed by atoms with E-state index in [0.717, 1.165) is 30.5 Å². The zero-order valence-corrected chi connectivity index (χ0v) is 17.5. The Morgan fingerprint density at radius 2 is 1.83 bits per heavy atom. The zero-order valence-electron chi connectivity index (χ0n) is 17.5. The van der Waals surface area contributed by atoms with E-state index in [1.165, 1.54) is 54.7 Å². The van der Waals surface area contributed by atoms with Gasteiger partial charge in [0, 0.05) is 49.5 Å². The first-order valence-corrected chi connectivity index (χ1v) is 10.8. The molecule has 2 aromatic carbocycles. The van der Waals surface area contributed by atoms with Crippen LogP contribution < -0.4 is 0 Å². The molecule has 4 heteroatoms. The van der Waals surface area contributed by atoms with Crippen LogP contribution in [0.15, 0.2) is 54.7 Å². The largest absolute Gasteiger partial charge is 0.298 e. The molecule has 3 heterocycles. The second-order valence-electron chi connectivity index (χ2n) is 8.72. The van der Waals surface area contributed by atoms with Crippen molar-refractivity contribution in [2.24, 2.45) is 0 Å². The van der Waals surface area contributed by atoms with Gasteiger partial charge in [-0.1, -0.05) is 41.5 Å². The summed E-state index contributed by atoms with van der Waals surface area (Å²) in [6.07, 6.45) is 4.95. The number of hydrogen-bond acceptors (Lipinski definition) is 3. The quantitative estimate of drug-likeness (QED) is 0.663. The van der Waals surface area contributed by atoms with E-state index in [4.69, 9.17) is 5.10 Å². The molecule has 29 heavy (non-hydrogen) atoms. The SMILES string of the molecule is Cc1ccc(-n2cc(CN3CCN4CCCC4C3)c(-c3cccc(C)c3)n2)cc1. The Kier molecular flexibility index (Phi) is 4.98. The van der Waals surface area contributed by atoms with Crippen molar-refractivity contribution in [1.82, 2.24) is 19.6 Å². The van der Waals surface area contributed by atoms with Gasteiger partial charge in [-0.15, -0.1) is 0 Å². The van der Waals surface area contributed by atoms with Crippen molar-refractivity contribution in [3.63, 3.8) is 0 Å². The summed E-state index contributed by atoms with van der Waals surface area (Å²) in [7, 11) is 0. The fraction of sp³-hybridized carbons (Fsp3) is 0.400. The minimum Gasteiger partial charge on any atom is -0.298 e. The molecule has 1 atom stereocenters. The van der Waals surface area contributed by atoms with Gasteiger partial charge in [-0.3, -0.25) is 9.80 Å². The van der Waals surface area contributed by atoms with Gasteiger partial charge >= 0.3 is 0 Å². The first-order valence-electron chi connectivity index (χ1n) is 10.8. The third kappa shape index (κ3) is 3.87. The third-order valence-corrected chi connectivity index (χ3v) is 6.45. The number of fused-ring (bicyclic) bond motifs is 1. The molecule has 0 radical (unpaired) electrons. The first kappa shape index (κ1) is 18.6. The Hall–Kier alpha value is -2.43. The molecule has 1 unspecified atom stereocenters. The van der Waals surface area contributed by atoms with Crippen LogP contribution in [0.2, 0.25) is 0 Å². The van der Waals surface area contributed by atoms with Crippen molar-refractivity contribution in [2.45, 2.75) is 39.3 Å². The van der Waals surface area contributed by atoms with Crippen LogP contribution >= 0.6 is 0 Å². The van der Waals surface area contributed by atoms with Crippen LogP contribution in [0.5, 0.6) is 0 Å². The third-order valence-electron chi connectivity index (χ3n) is 6.45. The second kappa shape index (κ2) is 7.77. The van der Waals surface area contributed by atoms with E-state index >= 15 is 0 Å². The van der Waals surface area contributed by atoms with Gasteiger partial charge < -0.3 is 0 Å². The van der Waals surface area contributed by atoms with Crippen molar-refractivity contribution in [1.29, 1.82) is 0 Å². The van der Waals surface area contributed by atoms with Crippen molar-refractivity contribution in [2.75, 3.05) is 26.2 Å². The van der Waals surface area contributed by atoms with E-state index in [-0.39, 0.29) is 0 Å². The molecule has 0 spiro atoms. The Labute approximate surface area is 173 Å². The highest BCUT2D eigenvalue weighted by Crippen LogP contribution is 2.28. The Bertz CT molecular complexity index is 988. The summed E-state index contributed by atoms with van der Waals surface area (Å²) in [6, 6.07) is 18.1. The number of benzene rings is 2. The number of aromatic nitrogens is 2. The lowest BCUT2D eigenvalue weighted by molar-refractivity contribution is 0.0995. The molecule has 1 aromatic heterocycles. The molecule has 4 nitrogen and oxygen atoms in total. The highest BCUT2D eigenvalue weighted by molar-refractivity contribution is 5.64. The van der Waals surface area contributed by atoms with Gasteiger partial charge in [0.25, 0.3) is 0 Å². The van der Waals surface area contributed by atoms with Crippen LogP contribution in [0.25, 0.3) is 16.9 Å². The molecular weight excluding hydrogens is 356 g/mol. The smallest absolute Gasteiger partial charge is 0.0972 e. The van der Waals surface area contributed by atoms with Crippen molar-refractivity contribution in [3.05, 3.63) is 71.4 Å². The highest BCUT2D eigenvalue weighted by Gasteiger charge is 2.31. The van der Waals surface area contributed by atoms with Crippen LogP contribution in [0.4, 0.5) is 0 Å². The van der Waals surface area contributed by atoms with Gasteiger partial charge in [0.15, 0.2) is 0 Å². The van der Waals surface area contributed by atoms with Crippen LogP contribution in [0, 0.1) is 13.8 Å². The molecule has 0 saturated carbocycles. The predicted molar refractivity (Wildman–Crippen MR) is 118 cm³/mol. The van der Waals surface area contributed by atoms with Crippen LogP contribution in [-0.4, -0.2) is 51.8 Å². The zero-order chi connectivity index (χ0) is 19.8. The van der Waals surface area contributed by atoms with Crippen molar-refractivity contribution in [3.8, 4) is 16.9 Å². The molecule has 2 aliphatic rings. The summed E-state index contributed by atoms with van der Waals surface area (Å²) in [4.78, 5) is 5.30. The molecule has 2 saturated heterocycles. The topological polar surface area (TPSA) is 24.3 Å². The molecule has 3 aromatic rings. The summed E-state index contributed by atoms with van der Waals surface area (Å²) in [5, 5.41) is 5.03. The fourth-order valence-electron chi connectivity index (χ4n) is 4.83. The van der Waals surface area contributed by atoms with Gasteiger partial charge in [-0.05, 0) is 51.4 Å². The maximum atomic E-state index is 5.03. The Morgan fingerprint density at radius 1 is 0.966 bits per heavy atom. The van der Waals surface area contributed by atoms with Crippen LogP contribution in [0.1, 0.15) is 29.5 Å². The summed E-state index contributed by atoms with van der Waals surface area (Å²) >= 11 is 0. The summed E-state index contributed by atoms with van der Waals surface area (Å²) in [5.41, 5.74) is 7.32.